The molecule has 0 saturated carbocycles. The number of hydrogen-bond acceptors (Lipinski definition) is 4. The zero-order valence-electron chi connectivity index (χ0n) is 17.3. The second-order valence-electron chi connectivity index (χ2n) is 6.16. The van der Waals surface area contributed by atoms with Gasteiger partial charge >= 0.3 is 0 Å². The van der Waals surface area contributed by atoms with E-state index in [1.54, 1.807) is 13.1 Å². The fraction of sp³-hybridized carbons (Fsp3) is 0.348. The van der Waals surface area contributed by atoms with Crippen LogP contribution in [-0.2, 0) is 0 Å². The van der Waals surface area contributed by atoms with Crippen molar-refractivity contribution < 1.29 is 0 Å². The monoisotopic (exact) mass is 364 g/mol. The summed E-state index contributed by atoms with van der Waals surface area (Å²) in [5, 5.41) is 3.31. The van der Waals surface area contributed by atoms with Gasteiger partial charge in [0.2, 0.25) is 5.95 Å². The number of allylic oxidation sites excluding steroid dienone is 8. The van der Waals surface area contributed by atoms with Gasteiger partial charge in [0.05, 0.1) is 5.69 Å². The molecule has 1 rings (SSSR count). The van der Waals surface area contributed by atoms with E-state index >= 15 is 0 Å². The molecule has 0 aliphatic heterocycles. The number of hydrogen-bond donors (Lipinski definition) is 1. The van der Waals surface area contributed by atoms with Gasteiger partial charge in [-0.1, -0.05) is 56.9 Å². The first-order chi connectivity index (χ1) is 13.0. The van der Waals surface area contributed by atoms with Crippen LogP contribution >= 0.6 is 0 Å². The van der Waals surface area contributed by atoms with Crippen LogP contribution in [0.2, 0.25) is 0 Å². The van der Waals surface area contributed by atoms with Crippen molar-refractivity contribution in [3.8, 4) is 0 Å². The average molecular weight is 365 g/mol. The van der Waals surface area contributed by atoms with E-state index in [0.29, 0.717) is 5.95 Å². The lowest BCUT2D eigenvalue weighted by molar-refractivity contribution is 0.825. The van der Waals surface area contributed by atoms with Crippen LogP contribution in [0.4, 0.5) is 5.95 Å². The number of unbranched alkanes of at least 4 members (excludes halogenated alkanes) is 1. The van der Waals surface area contributed by atoms with Crippen LogP contribution in [0, 0.1) is 0 Å². The van der Waals surface area contributed by atoms with E-state index in [2.05, 4.69) is 41.5 Å². The third-order valence-corrected chi connectivity index (χ3v) is 4.22. The SMILES string of the molecule is C=C/C=C(\C(C)=NC)c1nc(NCCCC)ncc1C(/C=C\C)=C(\C)C=C. The van der Waals surface area contributed by atoms with Crippen LogP contribution < -0.4 is 5.32 Å². The molecule has 1 heterocycles. The molecule has 144 valence electrons. The first kappa shape index (κ1) is 22.3. The van der Waals surface area contributed by atoms with E-state index in [-0.39, 0.29) is 0 Å². The van der Waals surface area contributed by atoms with Gasteiger partial charge < -0.3 is 5.32 Å². The lowest BCUT2D eigenvalue weighted by Crippen LogP contribution is -2.10. The molecule has 4 heteroatoms. The smallest absolute Gasteiger partial charge is 0.223 e. The standard InChI is InChI=1S/C23H32N4/c1-8-12-15-25-23-26-16-21(19(13-9-2)17(5)11-4)22(27-23)20(14-10-3)18(6)24-7/h9-11,13-14,16H,3-4,8,12,15H2,1-2,5-7H3,(H,25,26,27)/b13-9-,19-17+,20-14+,24-18?. The Morgan fingerprint density at radius 2 is 2.04 bits per heavy atom. The molecule has 0 aliphatic rings. The Balaban J connectivity index is 3.69. The summed E-state index contributed by atoms with van der Waals surface area (Å²) >= 11 is 0. The number of aromatic nitrogens is 2. The van der Waals surface area contributed by atoms with Crippen LogP contribution in [0.5, 0.6) is 0 Å². The molecule has 0 atom stereocenters. The molecular weight excluding hydrogens is 332 g/mol. The molecule has 0 aromatic carbocycles. The van der Waals surface area contributed by atoms with Crippen molar-refractivity contribution in [2.75, 3.05) is 18.9 Å². The molecule has 4 nitrogen and oxygen atoms in total. The van der Waals surface area contributed by atoms with E-state index < -0.39 is 0 Å². The highest BCUT2D eigenvalue weighted by Crippen LogP contribution is 2.29. The summed E-state index contributed by atoms with van der Waals surface area (Å²) in [6.45, 7) is 16.8. The van der Waals surface area contributed by atoms with Gasteiger partial charge in [0.1, 0.15) is 0 Å². The number of rotatable bonds is 10. The second kappa shape index (κ2) is 11.8. The van der Waals surface area contributed by atoms with Crippen LogP contribution in [0.15, 0.2) is 60.3 Å². The van der Waals surface area contributed by atoms with Gasteiger partial charge in [-0.2, -0.15) is 0 Å². The Morgan fingerprint density at radius 1 is 1.30 bits per heavy atom. The first-order valence-corrected chi connectivity index (χ1v) is 9.38. The van der Waals surface area contributed by atoms with Crippen molar-refractivity contribution in [1.82, 2.24) is 9.97 Å². The lowest BCUT2D eigenvalue weighted by Gasteiger charge is -2.16. The van der Waals surface area contributed by atoms with Crippen molar-refractivity contribution in [2.45, 2.75) is 40.5 Å². The minimum absolute atomic E-state index is 0.622. The largest absolute Gasteiger partial charge is 0.354 e. The Hall–Kier alpha value is -2.75. The molecule has 0 spiro atoms. The number of anilines is 1. The number of nitrogens with one attached hydrogen (secondary N) is 1. The molecule has 0 bridgehead atoms. The maximum atomic E-state index is 4.83. The van der Waals surface area contributed by atoms with E-state index in [9.17, 15) is 0 Å². The Kier molecular flexibility index (Phi) is 9.73. The van der Waals surface area contributed by atoms with Gasteiger partial charge in [0.15, 0.2) is 0 Å². The minimum atomic E-state index is 0.622. The molecule has 27 heavy (non-hydrogen) atoms. The molecule has 0 aliphatic carbocycles. The highest BCUT2D eigenvalue weighted by atomic mass is 15.1. The highest BCUT2D eigenvalue weighted by molar-refractivity contribution is 6.23. The molecule has 0 radical (unpaired) electrons. The maximum Gasteiger partial charge on any atom is 0.223 e. The molecule has 1 aromatic rings. The van der Waals surface area contributed by atoms with Crippen LogP contribution in [-0.4, -0.2) is 29.3 Å². The van der Waals surface area contributed by atoms with Gasteiger partial charge in [-0.15, -0.1) is 0 Å². The highest BCUT2D eigenvalue weighted by Gasteiger charge is 2.17. The van der Waals surface area contributed by atoms with E-state index in [1.165, 1.54) is 0 Å². The normalized spacial score (nSPS) is 13.5. The van der Waals surface area contributed by atoms with Gasteiger partial charge in [-0.25, -0.2) is 9.97 Å². The van der Waals surface area contributed by atoms with Crippen molar-refractivity contribution in [3.63, 3.8) is 0 Å². The van der Waals surface area contributed by atoms with E-state index in [4.69, 9.17) is 4.98 Å². The maximum absolute atomic E-state index is 4.83. The number of aliphatic imine (C=N–C) groups is 1. The molecule has 1 aromatic heterocycles. The summed E-state index contributed by atoms with van der Waals surface area (Å²) < 4.78 is 0. The molecular formula is C23H32N4. The fourth-order valence-corrected chi connectivity index (χ4v) is 2.57. The average Bonchev–Trinajstić information content (AvgIpc) is 2.69. The summed E-state index contributed by atoms with van der Waals surface area (Å²) in [4.78, 5) is 13.7. The van der Waals surface area contributed by atoms with Gasteiger partial charge in [0.25, 0.3) is 0 Å². The fourth-order valence-electron chi connectivity index (χ4n) is 2.57. The van der Waals surface area contributed by atoms with Gasteiger partial charge in [0, 0.05) is 36.6 Å². The Morgan fingerprint density at radius 3 is 2.59 bits per heavy atom. The third kappa shape index (κ3) is 6.17. The van der Waals surface area contributed by atoms with Crippen molar-refractivity contribution >= 4 is 22.8 Å². The van der Waals surface area contributed by atoms with Crippen LogP contribution in [0.25, 0.3) is 11.1 Å². The zero-order valence-corrected chi connectivity index (χ0v) is 17.3. The molecule has 0 unspecified atom stereocenters. The summed E-state index contributed by atoms with van der Waals surface area (Å²) in [6.07, 6.45) is 13.7. The van der Waals surface area contributed by atoms with Crippen LogP contribution in [0.1, 0.15) is 51.8 Å². The number of nitrogens with zero attached hydrogens (tertiary/aromatic N) is 3. The lowest BCUT2D eigenvalue weighted by atomic mass is 9.94. The van der Waals surface area contributed by atoms with E-state index in [0.717, 1.165) is 53.1 Å². The molecule has 0 saturated heterocycles. The summed E-state index contributed by atoms with van der Waals surface area (Å²) in [7, 11) is 1.78. The third-order valence-electron chi connectivity index (χ3n) is 4.22. The van der Waals surface area contributed by atoms with Crippen LogP contribution in [0.3, 0.4) is 0 Å². The first-order valence-electron chi connectivity index (χ1n) is 9.38. The zero-order chi connectivity index (χ0) is 20.2. The predicted molar refractivity (Wildman–Crippen MR) is 120 cm³/mol. The molecule has 0 amide bonds. The van der Waals surface area contributed by atoms with Crippen molar-refractivity contribution in [1.29, 1.82) is 0 Å². The van der Waals surface area contributed by atoms with Gasteiger partial charge in [-0.05, 0) is 38.3 Å². The summed E-state index contributed by atoms with van der Waals surface area (Å²) in [5.41, 5.74) is 5.71. The quantitative estimate of drug-likeness (QED) is 0.320. The van der Waals surface area contributed by atoms with Crippen molar-refractivity contribution in [3.05, 3.63) is 66.6 Å². The Labute approximate surface area is 164 Å². The Bertz CT molecular complexity index is 780. The molecule has 0 fully saturated rings. The summed E-state index contributed by atoms with van der Waals surface area (Å²) in [5.74, 6) is 0.622. The van der Waals surface area contributed by atoms with Crippen molar-refractivity contribution in [2.24, 2.45) is 4.99 Å². The van der Waals surface area contributed by atoms with Gasteiger partial charge in [-0.3, -0.25) is 4.99 Å². The second-order valence-corrected chi connectivity index (χ2v) is 6.16. The minimum Gasteiger partial charge on any atom is -0.354 e. The van der Waals surface area contributed by atoms with E-state index in [1.807, 2.05) is 45.2 Å². The molecule has 1 N–H and O–H groups in total. The predicted octanol–water partition coefficient (Wildman–Crippen LogP) is 5.88. The topological polar surface area (TPSA) is 50.2 Å². The summed E-state index contributed by atoms with van der Waals surface area (Å²) in [6, 6.07) is 0.